The molecular weight excluding hydrogens is 329 g/mol. The molecule has 4 nitrogen and oxygen atoms in total. The van der Waals surface area contributed by atoms with Gasteiger partial charge in [0.25, 0.3) is 0 Å². The van der Waals surface area contributed by atoms with Gasteiger partial charge >= 0.3 is 0 Å². The summed E-state index contributed by atoms with van der Waals surface area (Å²) in [5.41, 5.74) is 4.58. The van der Waals surface area contributed by atoms with Crippen molar-refractivity contribution >= 4 is 11.5 Å². The third-order valence-corrected chi connectivity index (χ3v) is 4.80. The maximum atomic E-state index is 13.4. The van der Waals surface area contributed by atoms with E-state index < -0.39 is 0 Å². The van der Waals surface area contributed by atoms with Crippen LogP contribution in [0.2, 0.25) is 0 Å². The second-order valence-electron chi connectivity index (χ2n) is 6.58. The van der Waals surface area contributed by atoms with Gasteiger partial charge in [0.15, 0.2) is 5.82 Å². The van der Waals surface area contributed by atoms with E-state index >= 15 is 0 Å². The number of rotatable bonds is 3. The molecule has 2 heterocycles. The van der Waals surface area contributed by atoms with Gasteiger partial charge in [0.05, 0.1) is 11.7 Å². The van der Waals surface area contributed by atoms with Gasteiger partial charge in [-0.2, -0.15) is 5.10 Å². The van der Waals surface area contributed by atoms with Crippen LogP contribution in [-0.4, -0.2) is 20.6 Å². The summed E-state index contributed by atoms with van der Waals surface area (Å²) >= 11 is 0. The van der Waals surface area contributed by atoms with Gasteiger partial charge in [-0.3, -0.25) is 0 Å². The van der Waals surface area contributed by atoms with Crippen LogP contribution in [0, 0.1) is 5.82 Å². The van der Waals surface area contributed by atoms with E-state index in [1.54, 1.807) is 18.2 Å². The maximum Gasteiger partial charge on any atom is 0.159 e. The maximum absolute atomic E-state index is 13.4. The fraction of sp³-hybridized carbons (Fsp3) is 0.238. The predicted octanol–water partition coefficient (Wildman–Crippen LogP) is 5.04. The van der Waals surface area contributed by atoms with Crippen LogP contribution in [0.3, 0.4) is 0 Å². The van der Waals surface area contributed by atoms with Crippen LogP contribution in [0.5, 0.6) is 5.75 Å². The highest BCUT2D eigenvalue weighted by Gasteiger charge is 2.29. The number of benzene rings is 2. The highest BCUT2D eigenvalue weighted by Crippen LogP contribution is 2.42. The highest BCUT2D eigenvalue weighted by atomic mass is 19.1. The third kappa shape index (κ3) is 2.69. The van der Waals surface area contributed by atoms with Crippen molar-refractivity contribution in [2.24, 2.45) is 4.99 Å². The Morgan fingerprint density at radius 2 is 1.88 bits per heavy atom. The average molecular weight is 349 g/mol. The summed E-state index contributed by atoms with van der Waals surface area (Å²) in [5, 5.41) is 15.1. The number of aliphatic imine (C=N–C) groups is 1. The van der Waals surface area contributed by atoms with Crippen LogP contribution in [-0.2, 0) is 6.42 Å². The summed E-state index contributed by atoms with van der Waals surface area (Å²) in [6, 6.07) is 13.7. The molecule has 0 saturated carbocycles. The number of hydrogen-bond donors (Lipinski definition) is 1. The van der Waals surface area contributed by atoms with Crippen LogP contribution in [0.1, 0.15) is 37.6 Å². The number of phenols is 1. The number of aromatic nitrogens is 2. The second-order valence-corrected chi connectivity index (χ2v) is 6.58. The number of aryl methyl sites for hydroxylation is 1. The lowest BCUT2D eigenvalue weighted by atomic mass is 9.98. The number of hydrogen-bond acceptors (Lipinski definition) is 3. The number of halogens is 1. The van der Waals surface area contributed by atoms with Gasteiger partial charge < -0.3 is 5.11 Å². The lowest BCUT2D eigenvalue weighted by molar-refractivity contribution is 0.443. The number of fused-ring (bicyclic) bond motifs is 1. The first kappa shape index (κ1) is 16.5. The minimum absolute atomic E-state index is 0.108. The van der Waals surface area contributed by atoms with Crippen LogP contribution >= 0.6 is 0 Å². The fourth-order valence-corrected chi connectivity index (χ4v) is 3.56. The molecule has 0 fully saturated rings. The zero-order valence-electron chi connectivity index (χ0n) is 14.8. The Bertz CT molecular complexity index is 989. The van der Waals surface area contributed by atoms with E-state index in [1.165, 1.54) is 12.1 Å². The first-order valence-electron chi connectivity index (χ1n) is 8.78. The molecule has 1 unspecified atom stereocenters. The average Bonchev–Trinajstić information content (AvgIpc) is 3.00. The number of para-hydroxylation sites is 1. The monoisotopic (exact) mass is 349 g/mol. The standard InChI is InChI=1S/C21H20FN3O/c1-3-17-20(14-8-10-15(22)11-9-14)21-23-13(2)12-18(25(21)24-17)16-6-4-5-7-19(16)26/h4-11,18,26H,3,12H2,1-2H3. The molecule has 0 radical (unpaired) electrons. The van der Waals surface area contributed by atoms with Crippen molar-refractivity contribution in [1.82, 2.24) is 9.78 Å². The van der Waals surface area contributed by atoms with Crippen molar-refractivity contribution < 1.29 is 9.50 Å². The fourth-order valence-electron chi connectivity index (χ4n) is 3.56. The molecule has 132 valence electrons. The molecule has 5 heteroatoms. The molecular formula is C21H20FN3O. The first-order chi connectivity index (χ1) is 12.6. The summed E-state index contributed by atoms with van der Waals surface area (Å²) < 4.78 is 15.3. The SMILES string of the molecule is CCc1nn2c(c1-c1ccc(F)cc1)N=C(C)CC2c1ccccc1O. The van der Waals surface area contributed by atoms with Crippen molar-refractivity contribution in [1.29, 1.82) is 0 Å². The Morgan fingerprint density at radius 1 is 1.15 bits per heavy atom. The van der Waals surface area contributed by atoms with Crippen molar-refractivity contribution in [3.63, 3.8) is 0 Å². The summed E-state index contributed by atoms with van der Waals surface area (Å²) in [6.07, 6.45) is 1.44. The van der Waals surface area contributed by atoms with Crippen LogP contribution in [0.15, 0.2) is 53.5 Å². The molecule has 1 N–H and O–H groups in total. The van der Waals surface area contributed by atoms with E-state index in [4.69, 9.17) is 10.1 Å². The van der Waals surface area contributed by atoms with E-state index in [1.807, 2.05) is 36.7 Å². The van der Waals surface area contributed by atoms with Crippen molar-refractivity contribution in [3.8, 4) is 16.9 Å². The molecule has 1 atom stereocenters. The minimum atomic E-state index is -0.264. The largest absolute Gasteiger partial charge is 0.508 e. The Balaban J connectivity index is 1.93. The molecule has 3 aromatic rings. The topological polar surface area (TPSA) is 50.4 Å². The van der Waals surface area contributed by atoms with Crippen LogP contribution in [0.25, 0.3) is 11.1 Å². The summed E-state index contributed by atoms with van der Waals surface area (Å²) in [6.45, 7) is 4.04. The Morgan fingerprint density at radius 3 is 2.58 bits per heavy atom. The van der Waals surface area contributed by atoms with E-state index in [2.05, 4.69) is 0 Å². The molecule has 2 aromatic carbocycles. The van der Waals surface area contributed by atoms with Gasteiger partial charge in [-0.05, 0) is 37.1 Å². The molecule has 1 aliphatic rings. The van der Waals surface area contributed by atoms with Crippen molar-refractivity contribution in [2.75, 3.05) is 0 Å². The normalized spacial score (nSPS) is 16.3. The second kappa shape index (κ2) is 6.41. The van der Waals surface area contributed by atoms with E-state index in [0.29, 0.717) is 6.42 Å². The highest BCUT2D eigenvalue weighted by molar-refractivity contribution is 5.90. The number of aromatic hydroxyl groups is 1. The lowest BCUT2D eigenvalue weighted by Crippen LogP contribution is -2.19. The lowest BCUT2D eigenvalue weighted by Gasteiger charge is -2.24. The Hall–Kier alpha value is -2.95. The molecule has 0 amide bonds. The molecule has 0 spiro atoms. The summed E-state index contributed by atoms with van der Waals surface area (Å²) in [5.74, 6) is 0.764. The zero-order chi connectivity index (χ0) is 18.3. The van der Waals surface area contributed by atoms with Gasteiger partial charge in [0.2, 0.25) is 0 Å². The molecule has 26 heavy (non-hydrogen) atoms. The molecule has 4 rings (SSSR count). The number of nitrogens with zero attached hydrogens (tertiary/aromatic N) is 3. The Labute approximate surface area is 151 Å². The van der Waals surface area contributed by atoms with Gasteiger partial charge in [-0.1, -0.05) is 37.3 Å². The van der Waals surface area contributed by atoms with Gasteiger partial charge in [0, 0.05) is 23.3 Å². The van der Waals surface area contributed by atoms with Crippen molar-refractivity contribution in [3.05, 3.63) is 65.6 Å². The van der Waals surface area contributed by atoms with Gasteiger partial charge in [0.1, 0.15) is 11.6 Å². The predicted molar refractivity (Wildman–Crippen MR) is 101 cm³/mol. The quantitative estimate of drug-likeness (QED) is 0.720. The Kier molecular flexibility index (Phi) is 4.07. The van der Waals surface area contributed by atoms with Crippen LogP contribution < -0.4 is 0 Å². The smallest absolute Gasteiger partial charge is 0.159 e. The first-order valence-corrected chi connectivity index (χ1v) is 8.78. The van der Waals surface area contributed by atoms with Gasteiger partial charge in [-0.25, -0.2) is 14.1 Å². The van der Waals surface area contributed by atoms with Crippen LogP contribution in [0.4, 0.5) is 10.2 Å². The zero-order valence-corrected chi connectivity index (χ0v) is 14.8. The van der Waals surface area contributed by atoms with E-state index in [9.17, 15) is 9.50 Å². The molecule has 1 aliphatic heterocycles. The third-order valence-electron chi connectivity index (χ3n) is 4.80. The van der Waals surface area contributed by atoms with Crippen molar-refractivity contribution in [2.45, 2.75) is 32.7 Å². The van der Waals surface area contributed by atoms with Gasteiger partial charge in [-0.15, -0.1) is 0 Å². The summed E-state index contributed by atoms with van der Waals surface area (Å²) in [7, 11) is 0. The van der Waals surface area contributed by atoms with E-state index in [-0.39, 0.29) is 17.6 Å². The number of phenolic OH excluding ortho intramolecular Hbond substituents is 1. The molecule has 0 aliphatic carbocycles. The molecule has 1 aromatic heterocycles. The minimum Gasteiger partial charge on any atom is -0.508 e. The molecule has 0 bridgehead atoms. The summed E-state index contributed by atoms with van der Waals surface area (Å²) in [4.78, 5) is 4.76. The molecule has 0 saturated heterocycles. The van der Waals surface area contributed by atoms with E-state index in [0.717, 1.165) is 40.3 Å².